The highest BCUT2D eigenvalue weighted by Crippen LogP contribution is 2.13. The molecule has 0 aromatic carbocycles. The molecule has 0 aromatic rings. The molecule has 1 fully saturated rings. The van der Waals surface area contributed by atoms with E-state index in [2.05, 4.69) is 24.1 Å². The molecule has 0 bridgehead atoms. The van der Waals surface area contributed by atoms with Gasteiger partial charge in [0.1, 0.15) is 0 Å². The van der Waals surface area contributed by atoms with Crippen LogP contribution in [0.3, 0.4) is 0 Å². The third kappa shape index (κ3) is 4.96. The SMILES string of the molecule is CC(C)N(CC1CCCN1)CC(C)(C)O. The van der Waals surface area contributed by atoms with Gasteiger partial charge in [-0.15, -0.1) is 0 Å². The lowest BCUT2D eigenvalue weighted by Crippen LogP contribution is -2.47. The standard InChI is InChI=1S/C12H26N2O/c1-10(2)14(9-12(3,4)15)8-11-6-5-7-13-11/h10-11,13,15H,5-9H2,1-4H3. The smallest absolute Gasteiger partial charge is 0.0718 e. The minimum Gasteiger partial charge on any atom is -0.389 e. The van der Waals surface area contributed by atoms with E-state index < -0.39 is 5.60 Å². The molecule has 0 spiro atoms. The van der Waals surface area contributed by atoms with Crippen molar-refractivity contribution < 1.29 is 5.11 Å². The third-order valence-electron chi connectivity index (χ3n) is 2.94. The maximum Gasteiger partial charge on any atom is 0.0718 e. The Bertz CT molecular complexity index is 181. The highest BCUT2D eigenvalue weighted by Gasteiger charge is 2.24. The molecule has 1 aliphatic heterocycles. The zero-order chi connectivity index (χ0) is 11.5. The van der Waals surface area contributed by atoms with Crippen molar-refractivity contribution in [2.75, 3.05) is 19.6 Å². The predicted molar refractivity (Wildman–Crippen MR) is 64.0 cm³/mol. The van der Waals surface area contributed by atoms with Gasteiger partial charge in [0.05, 0.1) is 5.60 Å². The van der Waals surface area contributed by atoms with Gasteiger partial charge in [-0.3, -0.25) is 4.90 Å². The van der Waals surface area contributed by atoms with E-state index in [0.717, 1.165) is 19.6 Å². The second-order valence-electron chi connectivity index (χ2n) is 5.63. The monoisotopic (exact) mass is 214 g/mol. The van der Waals surface area contributed by atoms with Crippen molar-refractivity contribution in [2.45, 2.75) is 58.2 Å². The predicted octanol–water partition coefficient (Wildman–Crippen LogP) is 1.22. The summed E-state index contributed by atoms with van der Waals surface area (Å²) in [6, 6.07) is 1.12. The zero-order valence-electron chi connectivity index (χ0n) is 10.6. The topological polar surface area (TPSA) is 35.5 Å². The molecule has 0 aliphatic carbocycles. The van der Waals surface area contributed by atoms with Gasteiger partial charge in [0, 0.05) is 25.2 Å². The highest BCUT2D eigenvalue weighted by molar-refractivity contribution is 4.82. The second-order valence-corrected chi connectivity index (χ2v) is 5.63. The molecule has 1 unspecified atom stereocenters. The van der Waals surface area contributed by atoms with Crippen LogP contribution in [0.15, 0.2) is 0 Å². The Morgan fingerprint density at radius 3 is 2.53 bits per heavy atom. The Morgan fingerprint density at radius 2 is 2.13 bits per heavy atom. The molecular weight excluding hydrogens is 188 g/mol. The van der Waals surface area contributed by atoms with E-state index in [0.29, 0.717) is 12.1 Å². The molecule has 3 nitrogen and oxygen atoms in total. The lowest BCUT2D eigenvalue weighted by molar-refractivity contribution is 0.0229. The molecule has 1 rings (SSSR count). The Balaban J connectivity index is 2.42. The van der Waals surface area contributed by atoms with Gasteiger partial charge >= 0.3 is 0 Å². The van der Waals surface area contributed by atoms with Crippen LogP contribution in [0.4, 0.5) is 0 Å². The largest absolute Gasteiger partial charge is 0.389 e. The van der Waals surface area contributed by atoms with Crippen molar-refractivity contribution in [3.05, 3.63) is 0 Å². The first-order chi connectivity index (χ1) is 6.88. The van der Waals surface area contributed by atoms with Crippen molar-refractivity contribution >= 4 is 0 Å². The van der Waals surface area contributed by atoms with Gasteiger partial charge in [-0.2, -0.15) is 0 Å². The van der Waals surface area contributed by atoms with Crippen molar-refractivity contribution in [3.63, 3.8) is 0 Å². The Kier molecular flexibility index (Phi) is 4.56. The number of hydrogen-bond donors (Lipinski definition) is 2. The average molecular weight is 214 g/mol. The van der Waals surface area contributed by atoms with Crippen LogP contribution in [-0.4, -0.2) is 47.3 Å². The number of hydrogen-bond acceptors (Lipinski definition) is 3. The lowest BCUT2D eigenvalue weighted by atomic mass is 10.1. The summed E-state index contributed by atoms with van der Waals surface area (Å²) in [5.74, 6) is 0. The van der Waals surface area contributed by atoms with E-state index in [1.807, 2.05) is 13.8 Å². The van der Waals surface area contributed by atoms with Gasteiger partial charge in [-0.25, -0.2) is 0 Å². The summed E-state index contributed by atoms with van der Waals surface area (Å²) in [5.41, 5.74) is -0.594. The molecular formula is C12H26N2O. The summed E-state index contributed by atoms with van der Waals surface area (Å²) >= 11 is 0. The number of aliphatic hydroxyl groups is 1. The fourth-order valence-electron chi connectivity index (χ4n) is 2.15. The summed E-state index contributed by atoms with van der Waals surface area (Å²) in [7, 11) is 0. The van der Waals surface area contributed by atoms with Crippen LogP contribution in [0.1, 0.15) is 40.5 Å². The van der Waals surface area contributed by atoms with Crippen molar-refractivity contribution in [1.82, 2.24) is 10.2 Å². The fourth-order valence-corrected chi connectivity index (χ4v) is 2.15. The average Bonchev–Trinajstić information content (AvgIpc) is 2.52. The molecule has 1 atom stereocenters. The summed E-state index contributed by atoms with van der Waals surface area (Å²) < 4.78 is 0. The maximum absolute atomic E-state index is 9.85. The van der Waals surface area contributed by atoms with E-state index in [-0.39, 0.29) is 0 Å². The van der Waals surface area contributed by atoms with Gasteiger partial charge in [0.25, 0.3) is 0 Å². The zero-order valence-corrected chi connectivity index (χ0v) is 10.6. The highest BCUT2D eigenvalue weighted by atomic mass is 16.3. The summed E-state index contributed by atoms with van der Waals surface area (Å²) in [6.07, 6.45) is 2.56. The second kappa shape index (κ2) is 5.28. The van der Waals surface area contributed by atoms with Gasteiger partial charge in [-0.05, 0) is 47.1 Å². The molecule has 0 amide bonds. The van der Waals surface area contributed by atoms with Gasteiger partial charge in [0.15, 0.2) is 0 Å². The number of nitrogens with zero attached hydrogens (tertiary/aromatic N) is 1. The van der Waals surface area contributed by atoms with E-state index in [1.165, 1.54) is 12.8 Å². The quantitative estimate of drug-likeness (QED) is 0.722. The van der Waals surface area contributed by atoms with E-state index in [9.17, 15) is 5.11 Å². The van der Waals surface area contributed by atoms with Crippen LogP contribution in [-0.2, 0) is 0 Å². The molecule has 15 heavy (non-hydrogen) atoms. The normalized spacial score (nSPS) is 23.0. The Hall–Kier alpha value is -0.120. The molecule has 2 N–H and O–H groups in total. The first-order valence-electron chi connectivity index (χ1n) is 6.08. The molecule has 0 aromatic heterocycles. The van der Waals surface area contributed by atoms with Gasteiger partial charge < -0.3 is 10.4 Å². The molecule has 1 aliphatic rings. The van der Waals surface area contributed by atoms with Crippen LogP contribution in [0.5, 0.6) is 0 Å². The molecule has 1 saturated heterocycles. The number of nitrogens with one attached hydrogen (secondary N) is 1. The minimum absolute atomic E-state index is 0.499. The molecule has 3 heteroatoms. The van der Waals surface area contributed by atoms with Crippen LogP contribution in [0.2, 0.25) is 0 Å². The first kappa shape index (κ1) is 12.9. The Labute approximate surface area is 93.9 Å². The van der Waals surface area contributed by atoms with Crippen LogP contribution < -0.4 is 5.32 Å². The van der Waals surface area contributed by atoms with Gasteiger partial charge in [-0.1, -0.05) is 0 Å². The molecule has 0 radical (unpaired) electrons. The minimum atomic E-state index is -0.594. The van der Waals surface area contributed by atoms with E-state index >= 15 is 0 Å². The first-order valence-corrected chi connectivity index (χ1v) is 6.08. The third-order valence-corrected chi connectivity index (χ3v) is 2.94. The molecule has 90 valence electrons. The fraction of sp³-hybridized carbons (Fsp3) is 1.00. The van der Waals surface area contributed by atoms with E-state index in [4.69, 9.17) is 0 Å². The maximum atomic E-state index is 9.85. The van der Waals surface area contributed by atoms with Crippen LogP contribution >= 0.6 is 0 Å². The van der Waals surface area contributed by atoms with Crippen molar-refractivity contribution in [1.29, 1.82) is 0 Å². The molecule has 0 saturated carbocycles. The summed E-state index contributed by atoms with van der Waals surface area (Å²) in [5, 5.41) is 13.4. The summed E-state index contributed by atoms with van der Waals surface area (Å²) in [6.45, 7) is 11.1. The number of rotatable bonds is 5. The van der Waals surface area contributed by atoms with Crippen LogP contribution in [0, 0.1) is 0 Å². The van der Waals surface area contributed by atoms with Crippen LogP contribution in [0.25, 0.3) is 0 Å². The van der Waals surface area contributed by atoms with E-state index in [1.54, 1.807) is 0 Å². The lowest BCUT2D eigenvalue weighted by Gasteiger charge is -2.34. The van der Waals surface area contributed by atoms with Crippen molar-refractivity contribution in [2.24, 2.45) is 0 Å². The Morgan fingerprint density at radius 1 is 1.47 bits per heavy atom. The van der Waals surface area contributed by atoms with Crippen molar-refractivity contribution in [3.8, 4) is 0 Å². The van der Waals surface area contributed by atoms with Gasteiger partial charge in [0.2, 0.25) is 0 Å². The summed E-state index contributed by atoms with van der Waals surface area (Å²) in [4.78, 5) is 2.36. The molecule has 1 heterocycles.